The lowest BCUT2D eigenvalue weighted by molar-refractivity contribution is -0.113. The molecule has 0 atom stereocenters. The van der Waals surface area contributed by atoms with Crippen molar-refractivity contribution in [3.05, 3.63) is 83.5 Å². The highest BCUT2D eigenvalue weighted by molar-refractivity contribution is 7.99. The lowest BCUT2D eigenvalue weighted by atomic mass is 10.0. The van der Waals surface area contributed by atoms with E-state index in [-0.39, 0.29) is 23.0 Å². The number of benzene rings is 2. The molecule has 38 heavy (non-hydrogen) atoms. The van der Waals surface area contributed by atoms with Gasteiger partial charge in [-0.25, -0.2) is 9.18 Å². The molecule has 0 saturated heterocycles. The number of carbonyl (C=O) groups is 2. The molecular formula is C28H27FN4O3S2. The summed E-state index contributed by atoms with van der Waals surface area (Å²) in [6.07, 6.45) is 1.75. The van der Waals surface area contributed by atoms with E-state index >= 15 is 0 Å². The average Bonchev–Trinajstić information content (AvgIpc) is 3.52. The van der Waals surface area contributed by atoms with E-state index in [1.165, 1.54) is 47.9 Å². The largest absolute Gasteiger partial charge is 0.465 e. The molecule has 1 amide bonds. The first-order chi connectivity index (χ1) is 18.3. The Bertz CT molecular complexity index is 1440. The molecule has 4 rings (SSSR count). The predicted molar refractivity (Wildman–Crippen MR) is 150 cm³/mol. The van der Waals surface area contributed by atoms with Gasteiger partial charge in [-0.2, -0.15) is 0 Å². The van der Waals surface area contributed by atoms with Crippen LogP contribution in [0.25, 0.3) is 22.5 Å². The van der Waals surface area contributed by atoms with E-state index in [2.05, 4.69) is 48.1 Å². The van der Waals surface area contributed by atoms with E-state index < -0.39 is 5.97 Å². The number of halogens is 1. The van der Waals surface area contributed by atoms with Crippen LogP contribution in [0.3, 0.4) is 0 Å². The van der Waals surface area contributed by atoms with Gasteiger partial charge in [0.15, 0.2) is 11.0 Å². The third kappa shape index (κ3) is 6.03. The van der Waals surface area contributed by atoms with Crippen molar-refractivity contribution in [1.29, 1.82) is 0 Å². The minimum absolute atomic E-state index is 0.0476. The van der Waals surface area contributed by atoms with Gasteiger partial charge in [-0.05, 0) is 29.2 Å². The van der Waals surface area contributed by atoms with Gasteiger partial charge in [0.25, 0.3) is 0 Å². The molecule has 4 aromatic rings. The molecule has 2 aromatic carbocycles. The number of nitrogens with one attached hydrogen (secondary N) is 1. The molecule has 0 saturated carbocycles. The summed E-state index contributed by atoms with van der Waals surface area (Å²) >= 11 is 2.44. The van der Waals surface area contributed by atoms with Crippen LogP contribution in [-0.4, -0.2) is 39.5 Å². The van der Waals surface area contributed by atoms with Gasteiger partial charge in [0.05, 0.1) is 12.9 Å². The molecule has 0 aliphatic rings. The molecule has 7 nitrogen and oxygen atoms in total. The Hall–Kier alpha value is -3.76. The normalized spacial score (nSPS) is 11.0. The first-order valence-corrected chi connectivity index (χ1v) is 13.7. The van der Waals surface area contributed by atoms with Crippen LogP contribution in [0.1, 0.15) is 35.7 Å². The first-order valence-electron chi connectivity index (χ1n) is 11.8. The van der Waals surface area contributed by atoms with Gasteiger partial charge in [0.1, 0.15) is 16.4 Å². The summed E-state index contributed by atoms with van der Waals surface area (Å²) in [5, 5.41) is 14.1. The zero-order valence-electron chi connectivity index (χ0n) is 21.2. The smallest absolute Gasteiger partial charge is 0.341 e. The topological polar surface area (TPSA) is 86.1 Å². The SMILES string of the molecule is C=CCn1c(SCC(=O)Nc2scc(-c3ccc(F)cc3)c2C(=O)OC)nnc1-c1ccc(C(C)C)cc1. The molecule has 2 aromatic heterocycles. The van der Waals surface area contributed by atoms with Gasteiger partial charge in [0.2, 0.25) is 5.91 Å². The van der Waals surface area contributed by atoms with E-state index in [1.54, 1.807) is 23.6 Å². The quantitative estimate of drug-likeness (QED) is 0.135. The number of esters is 1. The second-order valence-electron chi connectivity index (χ2n) is 8.67. The molecule has 0 aliphatic heterocycles. The van der Waals surface area contributed by atoms with Crippen LogP contribution >= 0.6 is 23.1 Å². The number of nitrogens with zero attached hydrogens (tertiary/aromatic N) is 3. The number of hydrogen-bond donors (Lipinski definition) is 1. The highest BCUT2D eigenvalue weighted by atomic mass is 32.2. The van der Waals surface area contributed by atoms with Crippen molar-refractivity contribution >= 4 is 40.0 Å². The minimum Gasteiger partial charge on any atom is -0.465 e. The van der Waals surface area contributed by atoms with E-state index in [0.717, 1.165) is 5.56 Å². The zero-order valence-corrected chi connectivity index (χ0v) is 22.9. The first kappa shape index (κ1) is 27.3. The van der Waals surface area contributed by atoms with Crippen molar-refractivity contribution in [1.82, 2.24) is 14.8 Å². The number of carbonyl (C=O) groups excluding carboxylic acids is 2. The number of rotatable bonds is 10. The Morgan fingerprint density at radius 2 is 1.82 bits per heavy atom. The Labute approximate surface area is 228 Å². The summed E-state index contributed by atoms with van der Waals surface area (Å²) < 4.78 is 20.2. The molecule has 10 heteroatoms. The minimum atomic E-state index is -0.590. The Kier molecular flexibility index (Phi) is 8.75. The predicted octanol–water partition coefficient (Wildman–Crippen LogP) is 6.64. The van der Waals surface area contributed by atoms with E-state index in [9.17, 15) is 14.0 Å². The van der Waals surface area contributed by atoms with Crippen LogP contribution < -0.4 is 5.32 Å². The van der Waals surface area contributed by atoms with Crippen molar-refractivity contribution < 1.29 is 18.7 Å². The van der Waals surface area contributed by atoms with Gasteiger partial charge in [-0.1, -0.05) is 68.1 Å². The molecule has 0 unspecified atom stereocenters. The van der Waals surface area contributed by atoms with Crippen molar-refractivity contribution in [2.75, 3.05) is 18.2 Å². The molecule has 0 fully saturated rings. The van der Waals surface area contributed by atoms with Crippen LogP contribution in [0.2, 0.25) is 0 Å². The maximum Gasteiger partial charge on any atom is 0.341 e. The molecular weight excluding hydrogens is 523 g/mol. The Balaban J connectivity index is 1.51. The highest BCUT2D eigenvalue weighted by Gasteiger charge is 2.23. The maximum absolute atomic E-state index is 13.4. The fourth-order valence-electron chi connectivity index (χ4n) is 3.81. The monoisotopic (exact) mass is 550 g/mol. The van der Waals surface area contributed by atoms with Crippen LogP contribution in [0.4, 0.5) is 9.39 Å². The number of hydrogen-bond acceptors (Lipinski definition) is 7. The third-order valence-electron chi connectivity index (χ3n) is 5.79. The van der Waals surface area contributed by atoms with Crippen LogP contribution in [0, 0.1) is 5.82 Å². The number of aromatic nitrogens is 3. The molecule has 0 radical (unpaired) electrons. The Morgan fingerprint density at radius 3 is 2.45 bits per heavy atom. The summed E-state index contributed by atoms with van der Waals surface area (Å²) in [5.74, 6) is -0.121. The standard InChI is InChI=1S/C28H27FN4O3S2/c1-5-14-33-25(20-8-6-18(7-9-20)17(2)3)31-32-28(33)38-16-23(34)30-26-24(27(35)36-4)22(15-37-26)19-10-12-21(29)13-11-19/h5-13,15,17H,1,14,16H2,2-4H3,(H,30,34). The van der Waals surface area contributed by atoms with E-state index in [0.29, 0.717) is 39.6 Å². The molecule has 0 spiro atoms. The summed E-state index contributed by atoms with van der Waals surface area (Å²) in [4.78, 5) is 25.4. The number of anilines is 1. The number of amides is 1. The van der Waals surface area contributed by atoms with Crippen LogP contribution in [-0.2, 0) is 16.1 Å². The molecule has 1 N–H and O–H groups in total. The fraction of sp³-hybridized carbons (Fsp3) is 0.214. The van der Waals surface area contributed by atoms with Crippen molar-refractivity contribution in [2.24, 2.45) is 0 Å². The summed E-state index contributed by atoms with van der Waals surface area (Å²) in [5.41, 5.74) is 3.59. The van der Waals surface area contributed by atoms with Crippen molar-refractivity contribution in [3.8, 4) is 22.5 Å². The van der Waals surface area contributed by atoms with Crippen LogP contribution in [0.5, 0.6) is 0 Å². The highest BCUT2D eigenvalue weighted by Crippen LogP contribution is 2.36. The number of allylic oxidation sites excluding steroid dienone is 1. The van der Waals surface area contributed by atoms with Gasteiger partial charge in [0, 0.05) is 23.1 Å². The number of thiophene rings is 1. The van der Waals surface area contributed by atoms with Gasteiger partial charge < -0.3 is 10.1 Å². The lowest BCUT2D eigenvalue weighted by Crippen LogP contribution is -2.16. The van der Waals surface area contributed by atoms with Crippen molar-refractivity contribution in [3.63, 3.8) is 0 Å². The third-order valence-corrected chi connectivity index (χ3v) is 7.65. The van der Waals surface area contributed by atoms with Crippen molar-refractivity contribution in [2.45, 2.75) is 31.5 Å². The fourth-order valence-corrected chi connectivity index (χ4v) is 5.53. The maximum atomic E-state index is 13.4. The molecule has 2 heterocycles. The average molecular weight is 551 g/mol. The molecule has 0 aliphatic carbocycles. The number of thioether (sulfide) groups is 1. The van der Waals surface area contributed by atoms with Crippen LogP contribution in [0.15, 0.2) is 71.7 Å². The summed E-state index contributed by atoms with van der Waals surface area (Å²) in [6, 6.07) is 14.0. The number of methoxy groups -OCH3 is 1. The zero-order chi connectivity index (χ0) is 27.2. The van der Waals surface area contributed by atoms with E-state index in [4.69, 9.17) is 4.74 Å². The molecule has 196 valence electrons. The number of ether oxygens (including phenoxy) is 1. The lowest BCUT2D eigenvalue weighted by Gasteiger charge is -2.10. The van der Waals surface area contributed by atoms with Gasteiger partial charge in [-0.3, -0.25) is 9.36 Å². The Morgan fingerprint density at radius 1 is 1.13 bits per heavy atom. The van der Waals surface area contributed by atoms with Gasteiger partial charge >= 0.3 is 5.97 Å². The van der Waals surface area contributed by atoms with Gasteiger partial charge in [-0.15, -0.1) is 28.1 Å². The summed E-state index contributed by atoms with van der Waals surface area (Å²) in [7, 11) is 1.27. The van der Waals surface area contributed by atoms with E-state index in [1.807, 2.05) is 16.7 Å². The molecule has 0 bridgehead atoms. The second-order valence-corrected chi connectivity index (χ2v) is 10.5. The summed E-state index contributed by atoms with van der Waals surface area (Å²) in [6.45, 7) is 8.60. The second kappa shape index (κ2) is 12.2.